The molecule has 0 spiro atoms. The molecule has 0 radical (unpaired) electrons. The highest BCUT2D eigenvalue weighted by molar-refractivity contribution is 5.90. The molecule has 0 saturated carbocycles. The number of hydrogen-bond acceptors (Lipinski definition) is 2. The molecule has 3 aromatic rings. The second kappa shape index (κ2) is 5.45. The van der Waals surface area contributed by atoms with Crippen LogP contribution in [0.3, 0.4) is 0 Å². The molecule has 3 nitrogen and oxygen atoms in total. The topological polar surface area (TPSA) is 52.5 Å². The predicted octanol–water partition coefficient (Wildman–Crippen LogP) is 4.38. The van der Waals surface area contributed by atoms with Gasteiger partial charge >= 0.3 is 0 Å². The molecule has 0 fully saturated rings. The van der Waals surface area contributed by atoms with Crippen LogP contribution < -0.4 is 0 Å². The second-order valence-corrected chi connectivity index (χ2v) is 5.23. The molecule has 0 aliphatic rings. The standard InChI is InChI=1S/C18H14FN3/c1-11-7-16-17(8-12(11)2)22-18(21-16)14(10-20)9-13-5-3-4-6-15(13)19/h3-9H,1-2H3,(H,21,22)/b14-9-. The van der Waals surface area contributed by atoms with Crippen molar-refractivity contribution in [1.82, 2.24) is 9.97 Å². The Hall–Kier alpha value is -2.93. The first kappa shape index (κ1) is 14.0. The van der Waals surface area contributed by atoms with Crippen LogP contribution in [0.25, 0.3) is 22.7 Å². The minimum Gasteiger partial charge on any atom is -0.337 e. The largest absolute Gasteiger partial charge is 0.337 e. The second-order valence-electron chi connectivity index (χ2n) is 5.23. The summed E-state index contributed by atoms with van der Waals surface area (Å²) >= 11 is 0. The lowest BCUT2D eigenvalue weighted by molar-refractivity contribution is 0.625. The number of fused-ring (bicyclic) bond motifs is 1. The van der Waals surface area contributed by atoms with Crippen LogP contribution >= 0.6 is 0 Å². The number of aromatic nitrogens is 2. The number of aryl methyl sites for hydroxylation is 2. The number of allylic oxidation sites excluding steroid dienone is 1. The van der Waals surface area contributed by atoms with Crippen LogP contribution in [-0.2, 0) is 0 Å². The Balaban J connectivity index is 2.12. The van der Waals surface area contributed by atoms with Gasteiger partial charge in [-0.3, -0.25) is 0 Å². The molecule has 0 aliphatic heterocycles. The van der Waals surface area contributed by atoms with Crippen molar-refractivity contribution in [1.29, 1.82) is 5.26 Å². The fraction of sp³-hybridized carbons (Fsp3) is 0.111. The number of benzene rings is 2. The molecule has 0 bridgehead atoms. The van der Waals surface area contributed by atoms with E-state index < -0.39 is 0 Å². The maximum atomic E-state index is 13.7. The predicted molar refractivity (Wildman–Crippen MR) is 85.5 cm³/mol. The number of halogens is 1. The third kappa shape index (κ3) is 2.49. The van der Waals surface area contributed by atoms with E-state index in [1.165, 1.54) is 12.1 Å². The first-order valence-electron chi connectivity index (χ1n) is 6.92. The molecule has 22 heavy (non-hydrogen) atoms. The number of H-pyrrole nitrogens is 1. The van der Waals surface area contributed by atoms with E-state index in [9.17, 15) is 9.65 Å². The van der Waals surface area contributed by atoms with Gasteiger partial charge in [-0.2, -0.15) is 5.26 Å². The van der Waals surface area contributed by atoms with Crippen LogP contribution in [0.5, 0.6) is 0 Å². The zero-order valence-electron chi connectivity index (χ0n) is 12.3. The number of rotatable bonds is 2. The molecule has 0 aliphatic carbocycles. The van der Waals surface area contributed by atoms with Crippen LogP contribution in [0.15, 0.2) is 36.4 Å². The van der Waals surface area contributed by atoms with E-state index in [0.717, 1.165) is 22.2 Å². The molecule has 0 saturated heterocycles. The van der Waals surface area contributed by atoms with Crippen molar-refractivity contribution in [3.63, 3.8) is 0 Å². The van der Waals surface area contributed by atoms with Gasteiger partial charge in [-0.05, 0) is 49.2 Å². The molecule has 1 aromatic heterocycles. The SMILES string of the molecule is Cc1cc2nc(/C(C#N)=C\c3ccccc3F)[nH]c2cc1C. The lowest BCUT2D eigenvalue weighted by Gasteiger charge is -1.97. The number of hydrogen-bond donors (Lipinski definition) is 1. The number of imidazole rings is 1. The summed E-state index contributed by atoms with van der Waals surface area (Å²) in [5, 5.41) is 9.37. The van der Waals surface area contributed by atoms with Gasteiger partial charge in [0.15, 0.2) is 0 Å². The van der Waals surface area contributed by atoms with E-state index in [0.29, 0.717) is 17.0 Å². The average molecular weight is 291 g/mol. The van der Waals surface area contributed by atoms with Crippen molar-refractivity contribution in [2.75, 3.05) is 0 Å². The minimum absolute atomic E-state index is 0.302. The molecular weight excluding hydrogens is 277 g/mol. The van der Waals surface area contributed by atoms with Gasteiger partial charge in [0.25, 0.3) is 0 Å². The van der Waals surface area contributed by atoms with Gasteiger partial charge in [0.2, 0.25) is 0 Å². The third-order valence-electron chi connectivity index (χ3n) is 3.68. The van der Waals surface area contributed by atoms with Crippen molar-refractivity contribution in [3.8, 4) is 6.07 Å². The Kier molecular flexibility index (Phi) is 3.48. The van der Waals surface area contributed by atoms with E-state index in [1.54, 1.807) is 18.2 Å². The normalized spacial score (nSPS) is 11.6. The first-order valence-corrected chi connectivity index (χ1v) is 6.92. The van der Waals surface area contributed by atoms with Crippen molar-refractivity contribution in [2.24, 2.45) is 0 Å². The molecule has 4 heteroatoms. The van der Waals surface area contributed by atoms with Crippen LogP contribution in [0.4, 0.5) is 4.39 Å². The molecule has 2 aromatic carbocycles. The molecule has 1 heterocycles. The Morgan fingerprint density at radius 1 is 1.23 bits per heavy atom. The van der Waals surface area contributed by atoms with E-state index >= 15 is 0 Å². The van der Waals surface area contributed by atoms with Gasteiger partial charge in [-0.25, -0.2) is 9.37 Å². The third-order valence-corrected chi connectivity index (χ3v) is 3.68. The summed E-state index contributed by atoms with van der Waals surface area (Å²) in [6.07, 6.45) is 1.51. The maximum absolute atomic E-state index is 13.7. The highest BCUT2D eigenvalue weighted by Gasteiger charge is 2.10. The average Bonchev–Trinajstić information content (AvgIpc) is 2.89. The lowest BCUT2D eigenvalue weighted by Crippen LogP contribution is -1.87. The molecule has 108 valence electrons. The summed E-state index contributed by atoms with van der Waals surface area (Å²) < 4.78 is 13.7. The molecule has 0 atom stereocenters. The molecule has 0 unspecified atom stereocenters. The molecule has 0 amide bonds. The van der Waals surface area contributed by atoms with Gasteiger partial charge in [0.05, 0.1) is 16.6 Å². The van der Waals surface area contributed by atoms with Gasteiger partial charge in [0.1, 0.15) is 17.7 Å². The molecule has 1 N–H and O–H groups in total. The zero-order chi connectivity index (χ0) is 15.7. The van der Waals surface area contributed by atoms with Gasteiger partial charge in [0, 0.05) is 5.56 Å². The van der Waals surface area contributed by atoms with E-state index in [1.807, 2.05) is 26.0 Å². The van der Waals surface area contributed by atoms with Crippen molar-refractivity contribution < 1.29 is 4.39 Å². The molecule has 3 rings (SSSR count). The summed E-state index contributed by atoms with van der Waals surface area (Å²) in [6, 6.07) is 12.4. The highest BCUT2D eigenvalue weighted by Crippen LogP contribution is 2.22. The Morgan fingerprint density at radius 3 is 2.68 bits per heavy atom. The van der Waals surface area contributed by atoms with E-state index in [4.69, 9.17) is 0 Å². The summed E-state index contributed by atoms with van der Waals surface area (Å²) in [5.41, 5.74) is 4.63. The maximum Gasteiger partial charge on any atom is 0.149 e. The van der Waals surface area contributed by atoms with Crippen molar-refractivity contribution in [2.45, 2.75) is 13.8 Å². The van der Waals surface area contributed by atoms with Crippen LogP contribution in [0.2, 0.25) is 0 Å². The minimum atomic E-state index is -0.363. The van der Waals surface area contributed by atoms with E-state index in [-0.39, 0.29) is 5.82 Å². The fourth-order valence-electron chi connectivity index (χ4n) is 2.30. The first-order chi connectivity index (χ1) is 10.6. The summed E-state index contributed by atoms with van der Waals surface area (Å²) in [4.78, 5) is 7.57. The Labute approximate surface area is 127 Å². The van der Waals surface area contributed by atoms with Crippen molar-refractivity contribution >= 4 is 22.7 Å². The summed E-state index contributed by atoms with van der Waals surface area (Å²) in [7, 11) is 0. The lowest BCUT2D eigenvalue weighted by atomic mass is 10.1. The number of nitrogens with zero attached hydrogens (tertiary/aromatic N) is 2. The van der Waals surface area contributed by atoms with Gasteiger partial charge in [-0.15, -0.1) is 0 Å². The smallest absolute Gasteiger partial charge is 0.149 e. The van der Waals surface area contributed by atoms with Crippen LogP contribution in [-0.4, -0.2) is 9.97 Å². The van der Waals surface area contributed by atoms with Crippen LogP contribution in [0, 0.1) is 31.0 Å². The fourth-order valence-corrected chi connectivity index (χ4v) is 2.30. The number of aromatic amines is 1. The van der Waals surface area contributed by atoms with Crippen molar-refractivity contribution in [3.05, 3.63) is 64.7 Å². The number of nitrogens with one attached hydrogen (secondary N) is 1. The summed E-state index contributed by atoms with van der Waals surface area (Å²) in [6.45, 7) is 4.04. The zero-order valence-corrected chi connectivity index (χ0v) is 12.3. The van der Waals surface area contributed by atoms with Gasteiger partial charge < -0.3 is 4.98 Å². The quantitative estimate of drug-likeness (QED) is 0.712. The Bertz CT molecular complexity index is 890. The van der Waals surface area contributed by atoms with Crippen LogP contribution in [0.1, 0.15) is 22.5 Å². The Morgan fingerprint density at radius 2 is 1.95 bits per heavy atom. The monoisotopic (exact) mass is 291 g/mol. The molecular formula is C18H14FN3. The van der Waals surface area contributed by atoms with Gasteiger partial charge in [-0.1, -0.05) is 18.2 Å². The summed E-state index contributed by atoms with van der Waals surface area (Å²) in [5.74, 6) is 0.0869. The number of nitriles is 1. The van der Waals surface area contributed by atoms with E-state index in [2.05, 4.69) is 16.0 Å². The highest BCUT2D eigenvalue weighted by atomic mass is 19.1.